The summed E-state index contributed by atoms with van der Waals surface area (Å²) in [6, 6.07) is 13.6. The van der Waals surface area contributed by atoms with Crippen LogP contribution in [0.15, 0.2) is 36.4 Å². The number of hydrogen-bond acceptors (Lipinski definition) is 2. The van der Waals surface area contributed by atoms with E-state index in [1.54, 1.807) is 0 Å². The lowest BCUT2D eigenvalue weighted by Gasteiger charge is -2.28. The van der Waals surface area contributed by atoms with Crippen molar-refractivity contribution >= 4 is 0 Å². The van der Waals surface area contributed by atoms with E-state index in [9.17, 15) is 0 Å². The van der Waals surface area contributed by atoms with Gasteiger partial charge in [0.05, 0.1) is 11.4 Å². The summed E-state index contributed by atoms with van der Waals surface area (Å²) in [6.07, 6.45) is 14.9. The van der Waals surface area contributed by atoms with E-state index >= 15 is 0 Å². The maximum absolute atomic E-state index is 4.62. The zero-order chi connectivity index (χ0) is 20.1. The molecule has 2 heteroatoms. The minimum absolute atomic E-state index is 0.615. The first-order valence-electron chi connectivity index (χ1n) is 12.2. The van der Waals surface area contributed by atoms with Crippen molar-refractivity contribution in [3.8, 4) is 11.3 Å². The molecule has 2 aliphatic rings. The van der Waals surface area contributed by atoms with Gasteiger partial charge in [0, 0.05) is 11.5 Å². The Bertz CT molecular complexity index is 733. The highest BCUT2D eigenvalue weighted by molar-refractivity contribution is 5.59. The topological polar surface area (TPSA) is 25.8 Å². The molecule has 1 aromatic carbocycles. The second-order valence-electron chi connectivity index (χ2n) is 9.60. The normalized spacial score (nSPS) is 27.7. The second kappa shape index (κ2) is 9.87. The molecule has 0 bridgehead atoms. The summed E-state index contributed by atoms with van der Waals surface area (Å²) in [5, 5.41) is 9.20. The molecule has 0 atom stereocenters. The van der Waals surface area contributed by atoms with Gasteiger partial charge in [-0.2, -0.15) is 10.2 Å². The largest absolute Gasteiger partial charge is 0.155 e. The predicted octanol–water partition coefficient (Wildman–Crippen LogP) is 7.90. The highest BCUT2D eigenvalue weighted by Crippen LogP contribution is 2.38. The van der Waals surface area contributed by atoms with Crippen LogP contribution in [0.5, 0.6) is 0 Å². The summed E-state index contributed by atoms with van der Waals surface area (Å²) in [6.45, 7) is 4.64. The minimum atomic E-state index is 0.615. The molecule has 29 heavy (non-hydrogen) atoms. The standard InChI is InChI=1S/C27H38N2/c1-3-5-21-8-10-22(11-9-21)23-14-16-25(17-15-23)27-19-18-26(28-29-27)24-12-6-20(4-2)7-13-24/h14-22,24H,3-13H2,1-2H3/t20-,21-,22-,24-. The van der Waals surface area contributed by atoms with Gasteiger partial charge in [-0.3, -0.25) is 0 Å². The lowest BCUT2D eigenvalue weighted by Crippen LogP contribution is -2.14. The van der Waals surface area contributed by atoms with E-state index in [1.165, 1.54) is 87.4 Å². The maximum atomic E-state index is 4.62. The van der Waals surface area contributed by atoms with Crippen LogP contribution in [0.25, 0.3) is 11.3 Å². The average Bonchev–Trinajstić information content (AvgIpc) is 2.80. The molecule has 4 rings (SSSR count). The van der Waals surface area contributed by atoms with Crippen molar-refractivity contribution in [2.24, 2.45) is 11.8 Å². The molecule has 2 fully saturated rings. The van der Waals surface area contributed by atoms with E-state index in [2.05, 4.69) is 60.4 Å². The summed E-state index contributed by atoms with van der Waals surface area (Å²) < 4.78 is 0. The van der Waals surface area contributed by atoms with Gasteiger partial charge in [-0.05, 0) is 86.8 Å². The molecular weight excluding hydrogens is 352 g/mol. The van der Waals surface area contributed by atoms with Crippen molar-refractivity contribution in [2.75, 3.05) is 0 Å². The van der Waals surface area contributed by atoms with Gasteiger partial charge in [0.1, 0.15) is 0 Å². The first-order valence-corrected chi connectivity index (χ1v) is 12.2. The highest BCUT2D eigenvalue weighted by atomic mass is 15.1. The van der Waals surface area contributed by atoms with Crippen LogP contribution in [0.1, 0.15) is 108 Å². The van der Waals surface area contributed by atoms with E-state index in [0.717, 1.165) is 23.4 Å². The Morgan fingerprint density at radius 1 is 0.690 bits per heavy atom. The van der Waals surface area contributed by atoms with Crippen LogP contribution in [-0.4, -0.2) is 10.2 Å². The third kappa shape index (κ3) is 5.08. The monoisotopic (exact) mass is 390 g/mol. The summed E-state index contributed by atoms with van der Waals surface area (Å²) in [7, 11) is 0. The molecule has 1 aromatic heterocycles. The molecule has 2 nitrogen and oxygen atoms in total. The molecular formula is C27H38N2. The first kappa shape index (κ1) is 20.6. The fourth-order valence-electron chi connectivity index (χ4n) is 5.70. The fraction of sp³-hybridized carbons (Fsp3) is 0.630. The first-order chi connectivity index (χ1) is 14.3. The average molecular weight is 391 g/mol. The lowest BCUT2D eigenvalue weighted by molar-refractivity contribution is 0.308. The summed E-state index contributed by atoms with van der Waals surface area (Å²) in [4.78, 5) is 0. The Labute approximate surface area is 177 Å². The third-order valence-electron chi connectivity index (χ3n) is 7.75. The number of nitrogens with zero attached hydrogens (tertiary/aromatic N) is 2. The van der Waals surface area contributed by atoms with E-state index in [4.69, 9.17) is 0 Å². The molecule has 2 saturated carbocycles. The lowest BCUT2D eigenvalue weighted by atomic mass is 9.77. The van der Waals surface area contributed by atoms with Crippen LogP contribution >= 0.6 is 0 Å². The van der Waals surface area contributed by atoms with Crippen LogP contribution in [0.3, 0.4) is 0 Å². The van der Waals surface area contributed by atoms with Crippen LogP contribution in [0.2, 0.25) is 0 Å². The fourth-order valence-corrected chi connectivity index (χ4v) is 5.70. The Morgan fingerprint density at radius 2 is 1.34 bits per heavy atom. The van der Waals surface area contributed by atoms with Gasteiger partial charge < -0.3 is 0 Å². The van der Waals surface area contributed by atoms with E-state index in [0.29, 0.717) is 5.92 Å². The van der Waals surface area contributed by atoms with Crippen molar-refractivity contribution in [1.29, 1.82) is 0 Å². The van der Waals surface area contributed by atoms with E-state index in [-0.39, 0.29) is 0 Å². The number of benzene rings is 1. The SMILES string of the molecule is CCC[C@H]1CC[C@H](c2ccc(-c3ccc([C@H]4CC[C@H](CC)CC4)nn3)cc2)CC1. The molecule has 0 radical (unpaired) electrons. The smallest absolute Gasteiger partial charge is 0.0929 e. The van der Waals surface area contributed by atoms with Crippen LogP contribution in [0.4, 0.5) is 0 Å². The maximum Gasteiger partial charge on any atom is 0.0929 e. The molecule has 0 saturated heterocycles. The molecule has 156 valence electrons. The van der Waals surface area contributed by atoms with Gasteiger partial charge in [0.15, 0.2) is 0 Å². The van der Waals surface area contributed by atoms with E-state index in [1.807, 2.05) is 0 Å². The molecule has 0 aliphatic heterocycles. The van der Waals surface area contributed by atoms with Gasteiger partial charge in [0.25, 0.3) is 0 Å². The number of rotatable bonds is 6. The van der Waals surface area contributed by atoms with E-state index < -0.39 is 0 Å². The van der Waals surface area contributed by atoms with Crippen molar-refractivity contribution in [3.05, 3.63) is 47.7 Å². The van der Waals surface area contributed by atoms with Crippen LogP contribution in [-0.2, 0) is 0 Å². The molecule has 2 aromatic rings. The summed E-state index contributed by atoms with van der Waals surface area (Å²) in [5.41, 5.74) is 4.92. The Morgan fingerprint density at radius 3 is 1.93 bits per heavy atom. The molecule has 0 spiro atoms. The molecule has 0 amide bonds. The van der Waals surface area contributed by atoms with Crippen LogP contribution < -0.4 is 0 Å². The molecule has 2 aliphatic carbocycles. The second-order valence-corrected chi connectivity index (χ2v) is 9.60. The highest BCUT2D eigenvalue weighted by Gasteiger charge is 2.23. The van der Waals surface area contributed by atoms with Gasteiger partial charge in [-0.1, -0.05) is 57.4 Å². The summed E-state index contributed by atoms with van der Waals surface area (Å²) >= 11 is 0. The summed E-state index contributed by atoms with van der Waals surface area (Å²) in [5.74, 6) is 3.27. The van der Waals surface area contributed by atoms with Gasteiger partial charge in [-0.15, -0.1) is 0 Å². The predicted molar refractivity (Wildman–Crippen MR) is 122 cm³/mol. The van der Waals surface area contributed by atoms with Gasteiger partial charge >= 0.3 is 0 Å². The van der Waals surface area contributed by atoms with Crippen molar-refractivity contribution < 1.29 is 0 Å². The van der Waals surface area contributed by atoms with Crippen LogP contribution in [0, 0.1) is 11.8 Å². The number of hydrogen-bond donors (Lipinski definition) is 0. The number of aromatic nitrogens is 2. The minimum Gasteiger partial charge on any atom is -0.155 e. The van der Waals surface area contributed by atoms with Crippen molar-refractivity contribution in [1.82, 2.24) is 10.2 Å². The Balaban J connectivity index is 1.36. The van der Waals surface area contributed by atoms with Gasteiger partial charge in [0.2, 0.25) is 0 Å². The van der Waals surface area contributed by atoms with Gasteiger partial charge in [-0.25, -0.2) is 0 Å². The quantitative estimate of drug-likeness (QED) is 0.501. The third-order valence-corrected chi connectivity index (χ3v) is 7.75. The Kier molecular flexibility index (Phi) is 7.00. The zero-order valence-corrected chi connectivity index (χ0v) is 18.4. The van der Waals surface area contributed by atoms with Crippen molar-refractivity contribution in [2.45, 2.75) is 96.3 Å². The molecule has 1 heterocycles. The molecule has 0 unspecified atom stereocenters. The Hall–Kier alpha value is -1.70. The zero-order valence-electron chi connectivity index (χ0n) is 18.4. The van der Waals surface area contributed by atoms with Crippen molar-refractivity contribution in [3.63, 3.8) is 0 Å². The molecule has 0 N–H and O–H groups in total.